The van der Waals surface area contributed by atoms with E-state index >= 15 is 0 Å². The molecular formula is C17H20FN3O3S. The lowest BCUT2D eigenvalue weighted by Gasteiger charge is -2.09. The molecule has 2 rings (SSSR count). The number of nitrogens with zero attached hydrogens (tertiary/aromatic N) is 1. The minimum absolute atomic E-state index is 0.0734. The summed E-state index contributed by atoms with van der Waals surface area (Å²) < 4.78 is 39.6. The van der Waals surface area contributed by atoms with E-state index < -0.39 is 21.7 Å². The van der Waals surface area contributed by atoms with Crippen LogP contribution < -0.4 is 10.0 Å². The van der Waals surface area contributed by atoms with Gasteiger partial charge in [0.2, 0.25) is 15.9 Å². The van der Waals surface area contributed by atoms with Crippen LogP contribution in [0.2, 0.25) is 0 Å². The van der Waals surface area contributed by atoms with Crippen LogP contribution in [0, 0.1) is 12.7 Å². The Hall–Kier alpha value is -2.32. The summed E-state index contributed by atoms with van der Waals surface area (Å²) >= 11 is 0. The Bertz CT molecular complexity index is 826. The van der Waals surface area contributed by atoms with Crippen molar-refractivity contribution in [2.24, 2.45) is 0 Å². The van der Waals surface area contributed by atoms with Gasteiger partial charge >= 0.3 is 0 Å². The molecule has 0 unspecified atom stereocenters. The number of carbonyl (C=O) groups excluding carboxylic acids is 1. The van der Waals surface area contributed by atoms with Crippen LogP contribution in [0.4, 0.5) is 4.39 Å². The molecule has 1 aromatic heterocycles. The molecule has 0 bridgehead atoms. The van der Waals surface area contributed by atoms with Gasteiger partial charge in [-0.1, -0.05) is 6.07 Å². The second kappa shape index (κ2) is 8.68. The van der Waals surface area contributed by atoms with E-state index in [1.54, 1.807) is 12.4 Å². The topological polar surface area (TPSA) is 88.2 Å². The van der Waals surface area contributed by atoms with E-state index in [9.17, 15) is 17.6 Å². The summed E-state index contributed by atoms with van der Waals surface area (Å²) in [4.78, 5) is 15.7. The first-order chi connectivity index (χ1) is 11.9. The van der Waals surface area contributed by atoms with Gasteiger partial charge in [-0.25, -0.2) is 17.5 Å². The van der Waals surface area contributed by atoms with Crippen LogP contribution >= 0.6 is 0 Å². The quantitative estimate of drug-likeness (QED) is 0.695. The molecule has 0 aliphatic heterocycles. The number of amides is 1. The van der Waals surface area contributed by atoms with Crippen molar-refractivity contribution < 1.29 is 17.6 Å². The van der Waals surface area contributed by atoms with Gasteiger partial charge in [0.05, 0.1) is 11.4 Å². The maximum absolute atomic E-state index is 13.2. The highest BCUT2D eigenvalue weighted by Crippen LogP contribution is 2.13. The van der Waals surface area contributed by atoms with Gasteiger partial charge in [-0.15, -0.1) is 0 Å². The van der Waals surface area contributed by atoms with E-state index in [1.807, 2.05) is 12.1 Å². The Morgan fingerprint density at radius 2 is 2.08 bits per heavy atom. The molecule has 134 valence electrons. The van der Waals surface area contributed by atoms with E-state index in [1.165, 1.54) is 13.0 Å². The third-order valence-corrected chi connectivity index (χ3v) is 4.95. The minimum Gasteiger partial charge on any atom is -0.355 e. The summed E-state index contributed by atoms with van der Waals surface area (Å²) in [5, 5.41) is 2.65. The molecule has 0 aliphatic rings. The van der Waals surface area contributed by atoms with Crippen LogP contribution in [-0.2, 0) is 21.2 Å². The lowest BCUT2D eigenvalue weighted by Crippen LogP contribution is -2.37. The summed E-state index contributed by atoms with van der Waals surface area (Å²) in [5.74, 6) is -0.904. The van der Waals surface area contributed by atoms with Gasteiger partial charge in [-0.2, -0.15) is 0 Å². The Kier molecular flexibility index (Phi) is 6.60. The van der Waals surface area contributed by atoms with Crippen molar-refractivity contribution in [2.75, 3.05) is 13.1 Å². The van der Waals surface area contributed by atoms with E-state index in [-0.39, 0.29) is 17.0 Å². The Morgan fingerprint density at radius 3 is 2.76 bits per heavy atom. The molecule has 8 heteroatoms. The van der Waals surface area contributed by atoms with E-state index in [2.05, 4.69) is 15.0 Å². The number of halogens is 1. The Balaban J connectivity index is 1.76. The Labute approximate surface area is 146 Å². The molecule has 1 heterocycles. The highest BCUT2D eigenvalue weighted by Gasteiger charge is 2.16. The van der Waals surface area contributed by atoms with Gasteiger partial charge in [-0.3, -0.25) is 9.78 Å². The average molecular weight is 365 g/mol. The number of sulfonamides is 1. The number of rotatable bonds is 8. The summed E-state index contributed by atoms with van der Waals surface area (Å²) in [6.45, 7) is 1.54. The van der Waals surface area contributed by atoms with Crippen molar-refractivity contribution in [2.45, 2.75) is 24.7 Å². The first kappa shape index (κ1) is 19.0. The third kappa shape index (κ3) is 5.91. The molecule has 2 aromatic rings. The van der Waals surface area contributed by atoms with Gasteiger partial charge in [0, 0.05) is 18.9 Å². The van der Waals surface area contributed by atoms with Gasteiger partial charge in [-0.05, 0) is 55.2 Å². The fourth-order valence-electron chi connectivity index (χ4n) is 2.16. The number of pyridine rings is 1. The van der Waals surface area contributed by atoms with E-state index in [4.69, 9.17) is 0 Å². The van der Waals surface area contributed by atoms with Gasteiger partial charge in [0.15, 0.2) is 0 Å². The van der Waals surface area contributed by atoms with Crippen molar-refractivity contribution >= 4 is 15.9 Å². The first-order valence-corrected chi connectivity index (χ1v) is 9.28. The van der Waals surface area contributed by atoms with Crippen LogP contribution in [0.3, 0.4) is 0 Å². The molecule has 25 heavy (non-hydrogen) atoms. The van der Waals surface area contributed by atoms with Crippen LogP contribution in [0.5, 0.6) is 0 Å². The number of aryl methyl sites for hydroxylation is 2. The van der Waals surface area contributed by atoms with Gasteiger partial charge < -0.3 is 5.32 Å². The highest BCUT2D eigenvalue weighted by molar-refractivity contribution is 7.89. The second-order valence-corrected chi connectivity index (χ2v) is 7.32. The van der Waals surface area contributed by atoms with Gasteiger partial charge in [0.25, 0.3) is 0 Å². The van der Waals surface area contributed by atoms with E-state index in [0.717, 1.165) is 30.5 Å². The summed E-state index contributed by atoms with van der Waals surface area (Å²) in [6, 6.07) is 7.27. The monoisotopic (exact) mass is 365 g/mol. The fourth-order valence-corrected chi connectivity index (χ4v) is 3.22. The third-order valence-electron chi connectivity index (χ3n) is 3.55. The van der Waals surface area contributed by atoms with Crippen molar-refractivity contribution in [3.05, 3.63) is 59.7 Å². The number of hydrogen-bond donors (Lipinski definition) is 2. The zero-order valence-corrected chi connectivity index (χ0v) is 14.6. The molecule has 1 aromatic carbocycles. The lowest BCUT2D eigenvalue weighted by molar-refractivity contribution is -0.119. The molecule has 0 spiro atoms. The molecule has 6 nitrogen and oxygen atoms in total. The molecule has 0 radical (unpaired) electrons. The Morgan fingerprint density at radius 1 is 1.28 bits per heavy atom. The second-order valence-electron chi connectivity index (χ2n) is 5.55. The van der Waals surface area contributed by atoms with Crippen LogP contribution in [-0.4, -0.2) is 32.4 Å². The molecule has 0 atom stereocenters. The van der Waals surface area contributed by atoms with Crippen LogP contribution in [0.25, 0.3) is 0 Å². The summed E-state index contributed by atoms with van der Waals surface area (Å²) in [6.07, 6.45) is 4.96. The number of carbonyl (C=O) groups is 1. The van der Waals surface area contributed by atoms with Crippen molar-refractivity contribution in [3.8, 4) is 0 Å². The number of hydrogen-bond acceptors (Lipinski definition) is 4. The highest BCUT2D eigenvalue weighted by atomic mass is 32.2. The fraction of sp³-hybridized carbons (Fsp3) is 0.294. The van der Waals surface area contributed by atoms with Crippen molar-refractivity contribution in [1.82, 2.24) is 15.0 Å². The summed E-state index contributed by atoms with van der Waals surface area (Å²) in [5.41, 5.74) is 1.30. The first-order valence-electron chi connectivity index (χ1n) is 7.80. The van der Waals surface area contributed by atoms with Gasteiger partial charge in [0.1, 0.15) is 5.82 Å². The molecule has 0 saturated carbocycles. The van der Waals surface area contributed by atoms with Crippen molar-refractivity contribution in [1.29, 1.82) is 0 Å². The standard InChI is InChI=1S/C17H20FN3O3S/c1-13-10-15(6-7-16(13)18)25(23,24)21-12-17(22)20-9-3-5-14-4-2-8-19-11-14/h2,4,6-8,10-11,21H,3,5,9,12H2,1H3,(H,20,22). The number of aromatic nitrogens is 1. The normalized spacial score (nSPS) is 11.3. The van der Waals surface area contributed by atoms with E-state index in [0.29, 0.717) is 6.54 Å². The number of nitrogens with one attached hydrogen (secondary N) is 2. The molecule has 2 N–H and O–H groups in total. The molecule has 0 aliphatic carbocycles. The molecule has 1 amide bonds. The predicted octanol–water partition coefficient (Wildman–Crippen LogP) is 1.56. The largest absolute Gasteiger partial charge is 0.355 e. The average Bonchev–Trinajstić information content (AvgIpc) is 2.60. The predicted molar refractivity (Wildman–Crippen MR) is 91.9 cm³/mol. The molecular weight excluding hydrogens is 345 g/mol. The maximum Gasteiger partial charge on any atom is 0.241 e. The SMILES string of the molecule is Cc1cc(S(=O)(=O)NCC(=O)NCCCc2cccnc2)ccc1F. The van der Waals surface area contributed by atoms with Crippen LogP contribution in [0.15, 0.2) is 47.6 Å². The minimum atomic E-state index is -3.85. The molecule has 0 fully saturated rings. The lowest BCUT2D eigenvalue weighted by atomic mass is 10.1. The molecule has 0 saturated heterocycles. The number of benzene rings is 1. The summed E-state index contributed by atoms with van der Waals surface area (Å²) in [7, 11) is -3.85. The van der Waals surface area contributed by atoms with Crippen LogP contribution in [0.1, 0.15) is 17.5 Å². The maximum atomic E-state index is 13.2. The zero-order chi connectivity index (χ0) is 18.3. The zero-order valence-electron chi connectivity index (χ0n) is 13.8. The smallest absolute Gasteiger partial charge is 0.241 e. The van der Waals surface area contributed by atoms with Crippen molar-refractivity contribution in [3.63, 3.8) is 0 Å².